The van der Waals surface area contributed by atoms with Gasteiger partial charge in [-0.25, -0.2) is 0 Å². The van der Waals surface area contributed by atoms with Gasteiger partial charge in [0.2, 0.25) is 0 Å². The number of primary amides is 1. The molecule has 0 aliphatic carbocycles. The van der Waals surface area contributed by atoms with Crippen molar-refractivity contribution in [1.82, 2.24) is 5.48 Å². The second-order valence-electron chi connectivity index (χ2n) is 5.04. The summed E-state index contributed by atoms with van der Waals surface area (Å²) < 4.78 is 0. The van der Waals surface area contributed by atoms with Crippen molar-refractivity contribution in [3.8, 4) is 0 Å². The minimum atomic E-state index is -0.743. The molecule has 0 aliphatic rings. The standard InChI is InChI=1S/C14H21N3O3S/c1-7(2)11-6-10(12(15)18)14(21-11)16-13(19)9(5)20-17-8(3)4/h6-7,9,17H,3H2,1-2,4-5H3,(H2,15,18)(H,16,19). The van der Waals surface area contributed by atoms with Crippen molar-refractivity contribution in [1.29, 1.82) is 0 Å². The predicted molar refractivity (Wildman–Crippen MR) is 84.1 cm³/mol. The Bertz CT molecular complexity index is 552. The molecule has 0 aliphatic heterocycles. The number of hydrogen-bond donors (Lipinski definition) is 3. The van der Waals surface area contributed by atoms with Gasteiger partial charge in [0, 0.05) is 10.6 Å². The molecule has 0 fully saturated rings. The molecule has 1 aromatic rings. The van der Waals surface area contributed by atoms with Crippen LogP contribution in [0.25, 0.3) is 0 Å². The first kappa shape index (κ1) is 17.2. The highest BCUT2D eigenvalue weighted by Gasteiger charge is 2.20. The number of hydrogen-bond acceptors (Lipinski definition) is 5. The van der Waals surface area contributed by atoms with Crippen LogP contribution in [0.15, 0.2) is 18.3 Å². The lowest BCUT2D eigenvalue weighted by Gasteiger charge is -2.13. The van der Waals surface area contributed by atoms with Gasteiger partial charge in [-0.3, -0.25) is 19.9 Å². The summed E-state index contributed by atoms with van der Waals surface area (Å²) in [7, 11) is 0. The molecule has 0 aromatic carbocycles. The number of carbonyl (C=O) groups excluding carboxylic acids is 2. The molecule has 21 heavy (non-hydrogen) atoms. The molecule has 0 spiro atoms. The fourth-order valence-electron chi connectivity index (χ4n) is 1.43. The Morgan fingerprint density at radius 2 is 2.00 bits per heavy atom. The monoisotopic (exact) mass is 311 g/mol. The van der Waals surface area contributed by atoms with Crippen molar-refractivity contribution in [2.45, 2.75) is 39.7 Å². The van der Waals surface area contributed by atoms with Gasteiger partial charge in [-0.1, -0.05) is 20.4 Å². The van der Waals surface area contributed by atoms with E-state index < -0.39 is 12.0 Å². The van der Waals surface area contributed by atoms with Gasteiger partial charge in [0.15, 0.2) is 6.10 Å². The Kier molecular flexibility index (Phi) is 5.92. The molecule has 1 aromatic heterocycles. The molecule has 0 bridgehead atoms. The molecule has 116 valence electrons. The van der Waals surface area contributed by atoms with Crippen molar-refractivity contribution in [3.05, 3.63) is 28.8 Å². The molecule has 1 rings (SSSR count). The van der Waals surface area contributed by atoms with Crippen molar-refractivity contribution in [2.75, 3.05) is 5.32 Å². The van der Waals surface area contributed by atoms with E-state index >= 15 is 0 Å². The van der Waals surface area contributed by atoms with Gasteiger partial charge < -0.3 is 11.1 Å². The van der Waals surface area contributed by atoms with E-state index in [0.717, 1.165) is 4.88 Å². The first-order valence-electron chi connectivity index (χ1n) is 6.54. The highest BCUT2D eigenvalue weighted by atomic mass is 32.1. The van der Waals surface area contributed by atoms with Crippen LogP contribution in [-0.4, -0.2) is 17.9 Å². The number of nitrogens with one attached hydrogen (secondary N) is 2. The normalized spacial score (nSPS) is 12.0. The molecule has 1 unspecified atom stereocenters. The Balaban J connectivity index is 2.83. The molecule has 0 radical (unpaired) electrons. The molecule has 1 atom stereocenters. The average molecular weight is 311 g/mol. The third kappa shape index (κ3) is 4.87. The van der Waals surface area contributed by atoms with Gasteiger partial charge in [0.1, 0.15) is 5.00 Å². The quantitative estimate of drug-likeness (QED) is 0.674. The van der Waals surface area contributed by atoms with Crippen LogP contribution in [0, 0.1) is 0 Å². The summed E-state index contributed by atoms with van der Waals surface area (Å²) in [4.78, 5) is 29.6. The van der Waals surface area contributed by atoms with Crippen LogP contribution < -0.4 is 16.5 Å². The van der Waals surface area contributed by atoms with Gasteiger partial charge in [0.05, 0.1) is 5.56 Å². The van der Waals surface area contributed by atoms with Crippen molar-refractivity contribution in [3.63, 3.8) is 0 Å². The van der Waals surface area contributed by atoms with E-state index in [4.69, 9.17) is 10.6 Å². The van der Waals surface area contributed by atoms with E-state index in [1.54, 1.807) is 19.9 Å². The van der Waals surface area contributed by atoms with Crippen LogP contribution in [0.1, 0.15) is 48.8 Å². The third-order valence-electron chi connectivity index (χ3n) is 2.60. The highest BCUT2D eigenvalue weighted by molar-refractivity contribution is 7.16. The fraction of sp³-hybridized carbons (Fsp3) is 0.429. The summed E-state index contributed by atoms with van der Waals surface area (Å²) in [6.45, 7) is 10.9. The Morgan fingerprint density at radius 3 is 2.48 bits per heavy atom. The van der Waals surface area contributed by atoms with Crippen LogP contribution in [0.2, 0.25) is 0 Å². The first-order chi connectivity index (χ1) is 9.72. The number of nitrogens with two attached hydrogens (primary N) is 1. The molecule has 4 N–H and O–H groups in total. The number of amides is 2. The van der Waals surface area contributed by atoms with Crippen molar-refractivity contribution >= 4 is 28.2 Å². The van der Waals surface area contributed by atoms with Crippen LogP contribution >= 0.6 is 11.3 Å². The number of carbonyl (C=O) groups is 2. The Hall–Kier alpha value is -1.86. The van der Waals surface area contributed by atoms with Gasteiger partial charge in [-0.2, -0.15) is 0 Å². The minimum Gasteiger partial charge on any atom is -0.366 e. The zero-order valence-corrected chi connectivity index (χ0v) is 13.5. The largest absolute Gasteiger partial charge is 0.366 e. The maximum Gasteiger partial charge on any atom is 0.256 e. The van der Waals surface area contributed by atoms with E-state index in [1.165, 1.54) is 11.3 Å². The maximum atomic E-state index is 12.0. The summed E-state index contributed by atoms with van der Waals surface area (Å²) >= 11 is 1.34. The molecule has 6 nitrogen and oxygen atoms in total. The van der Waals surface area contributed by atoms with E-state index in [-0.39, 0.29) is 11.8 Å². The van der Waals surface area contributed by atoms with Crippen LogP contribution in [0.5, 0.6) is 0 Å². The topological polar surface area (TPSA) is 93.4 Å². The van der Waals surface area contributed by atoms with Gasteiger partial charge in [-0.05, 0) is 25.8 Å². The minimum absolute atomic E-state index is 0.248. The van der Waals surface area contributed by atoms with Crippen molar-refractivity contribution in [2.24, 2.45) is 5.73 Å². The van der Waals surface area contributed by atoms with Gasteiger partial charge >= 0.3 is 0 Å². The highest BCUT2D eigenvalue weighted by Crippen LogP contribution is 2.32. The lowest BCUT2D eigenvalue weighted by molar-refractivity contribution is -0.129. The molecule has 0 saturated heterocycles. The van der Waals surface area contributed by atoms with E-state index in [0.29, 0.717) is 16.3 Å². The molecule has 2 amide bonds. The summed E-state index contributed by atoms with van der Waals surface area (Å²) in [6, 6.07) is 1.71. The summed E-state index contributed by atoms with van der Waals surface area (Å²) in [5.41, 5.74) is 8.77. The summed E-state index contributed by atoms with van der Waals surface area (Å²) in [5.74, 6) is -0.692. The van der Waals surface area contributed by atoms with E-state index in [2.05, 4.69) is 17.4 Å². The predicted octanol–water partition coefficient (Wildman–Crippen LogP) is 2.35. The van der Waals surface area contributed by atoms with Crippen LogP contribution in [0.3, 0.4) is 0 Å². The van der Waals surface area contributed by atoms with Crippen LogP contribution in [0.4, 0.5) is 5.00 Å². The molecular formula is C14H21N3O3S. The lowest BCUT2D eigenvalue weighted by Crippen LogP contribution is -2.32. The SMILES string of the molecule is C=C(C)NOC(C)C(=O)Nc1sc(C(C)C)cc1C(N)=O. The van der Waals surface area contributed by atoms with Gasteiger partial charge in [0.25, 0.3) is 11.8 Å². The first-order valence-corrected chi connectivity index (χ1v) is 7.35. The third-order valence-corrected chi connectivity index (χ3v) is 3.95. The zero-order chi connectivity index (χ0) is 16.2. The smallest absolute Gasteiger partial charge is 0.256 e. The second-order valence-corrected chi connectivity index (χ2v) is 6.13. The fourth-order valence-corrected chi connectivity index (χ4v) is 2.50. The Morgan fingerprint density at radius 1 is 1.38 bits per heavy atom. The van der Waals surface area contributed by atoms with Crippen LogP contribution in [-0.2, 0) is 9.63 Å². The molecule has 0 saturated carbocycles. The zero-order valence-electron chi connectivity index (χ0n) is 12.6. The van der Waals surface area contributed by atoms with Gasteiger partial charge in [-0.15, -0.1) is 11.3 Å². The lowest BCUT2D eigenvalue weighted by atomic mass is 10.1. The number of thiophene rings is 1. The maximum absolute atomic E-state index is 12.0. The summed E-state index contributed by atoms with van der Waals surface area (Å²) in [6.07, 6.45) is -0.743. The number of hydroxylamine groups is 1. The average Bonchev–Trinajstić information content (AvgIpc) is 2.79. The molecular weight excluding hydrogens is 290 g/mol. The Labute approximate surface area is 128 Å². The van der Waals surface area contributed by atoms with Crippen molar-refractivity contribution < 1.29 is 14.4 Å². The molecule has 1 heterocycles. The van der Waals surface area contributed by atoms with E-state index in [1.807, 2.05) is 13.8 Å². The van der Waals surface area contributed by atoms with E-state index in [9.17, 15) is 9.59 Å². The molecule has 7 heteroatoms. The number of allylic oxidation sites excluding steroid dienone is 1. The second kappa shape index (κ2) is 7.24. The number of rotatable bonds is 7. The number of anilines is 1. The summed E-state index contributed by atoms with van der Waals surface area (Å²) in [5, 5.41) is 3.12.